The molecule has 2 heterocycles. The Morgan fingerprint density at radius 2 is 1.68 bits per heavy atom. The lowest BCUT2D eigenvalue weighted by Gasteiger charge is -2.11. The van der Waals surface area contributed by atoms with Gasteiger partial charge in [0.25, 0.3) is 0 Å². The van der Waals surface area contributed by atoms with Crippen molar-refractivity contribution in [2.45, 2.75) is 13.1 Å². The molecule has 0 aliphatic rings. The summed E-state index contributed by atoms with van der Waals surface area (Å²) in [6, 6.07) is 7.26. The van der Waals surface area contributed by atoms with Crippen LogP contribution in [0.3, 0.4) is 0 Å². The largest absolute Gasteiger partial charge is 0.439 e. The summed E-state index contributed by atoms with van der Waals surface area (Å²) in [7, 11) is 0. The van der Waals surface area contributed by atoms with Crippen LogP contribution < -0.4 is 4.74 Å². The molecule has 0 amide bonds. The summed E-state index contributed by atoms with van der Waals surface area (Å²) in [5, 5.41) is 0. The van der Waals surface area contributed by atoms with Crippen LogP contribution in [0.4, 0.5) is 17.6 Å². The van der Waals surface area contributed by atoms with Gasteiger partial charge in [-0.1, -0.05) is 0 Å². The molecule has 0 saturated heterocycles. The lowest BCUT2D eigenvalue weighted by molar-refractivity contribution is -0.140. The van der Waals surface area contributed by atoms with Gasteiger partial charge in [-0.05, 0) is 37.3 Å². The van der Waals surface area contributed by atoms with Crippen LogP contribution in [-0.2, 0) is 6.18 Å². The number of pyridine rings is 1. The number of alkyl halides is 3. The van der Waals surface area contributed by atoms with Gasteiger partial charge < -0.3 is 4.74 Å². The van der Waals surface area contributed by atoms with E-state index in [1.807, 2.05) is 0 Å². The number of ether oxygens (including phenoxy) is 1. The molecule has 0 N–H and O–H groups in total. The number of aromatic nitrogens is 3. The van der Waals surface area contributed by atoms with Gasteiger partial charge in [0.15, 0.2) is 5.82 Å². The SMILES string of the molecule is Cc1cc(Oc2ccc(F)c(C(F)(F)F)c2)nc(-c2ccncc2)n1. The fourth-order valence-corrected chi connectivity index (χ4v) is 2.13. The van der Waals surface area contributed by atoms with E-state index >= 15 is 0 Å². The average molecular weight is 349 g/mol. The highest BCUT2D eigenvalue weighted by molar-refractivity contribution is 5.54. The van der Waals surface area contributed by atoms with E-state index in [2.05, 4.69) is 15.0 Å². The predicted molar refractivity (Wildman–Crippen MR) is 81.5 cm³/mol. The number of benzene rings is 1. The van der Waals surface area contributed by atoms with E-state index in [1.165, 1.54) is 6.07 Å². The summed E-state index contributed by atoms with van der Waals surface area (Å²) in [4.78, 5) is 12.3. The van der Waals surface area contributed by atoms with Crippen LogP contribution >= 0.6 is 0 Å². The quantitative estimate of drug-likeness (QED) is 0.638. The molecule has 4 nitrogen and oxygen atoms in total. The molecule has 0 spiro atoms. The maximum atomic E-state index is 13.3. The van der Waals surface area contributed by atoms with E-state index in [-0.39, 0.29) is 11.6 Å². The van der Waals surface area contributed by atoms with Crippen LogP contribution in [-0.4, -0.2) is 15.0 Å². The molecule has 0 atom stereocenters. The molecule has 3 rings (SSSR count). The summed E-state index contributed by atoms with van der Waals surface area (Å²) in [6.45, 7) is 1.70. The summed E-state index contributed by atoms with van der Waals surface area (Å²) in [5.74, 6) is -1.14. The molecule has 0 aliphatic carbocycles. The van der Waals surface area contributed by atoms with Gasteiger partial charge in [0.2, 0.25) is 5.88 Å². The van der Waals surface area contributed by atoms with Crippen LogP contribution in [0.5, 0.6) is 11.6 Å². The van der Waals surface area contributed by atoms with Gasteiger partial charge in [-0.3, -0.25) is 4.98 Å². The Labute approximate surface area is 140 Å². The van der Waals surface area contributed by atoms with Crippen molar-refractivity contribution in [1.29, 1.82) is 0 Å². The number of halogens is 4. The standard InChI is InChI=1S/C17H11F4N3O/c1-10-8-15(24-16(23-10)11-4-6-22-7-5-11)25-12-2-3-14(18)13(9-12)17(19,20)21/h2-9H,1H3. The van der Waals surface area contributed by atoms with Crippen molar-refractivity contribution in [3.05, 3.63) is 65.9 Å². The fraction of sp³-hybridized carbons (Fsp3) is 0.118. The molecular formula is C17H11F4N3O. The second-order valence-corrected chi connectivity index (χ2v) is 5.15. The van der Waals surface area contributed by atoms with E-state index in [1.54, 1.807) is 31.5 Å². The number of nitrogens with zero attached hydrogens (tertiary/aromatic N) is 3. The van der Waals surface area contributed by atoms with Crippen LogP contribution in [0.25, 0.3) is 11.4 Å². The summed E-state index contributed by atoms with van der Waals surface area (Å²) in [6.07, 6.45) is -1.68. The molecular weight excluding hydrogens is 338 g/mol. The van der Waals surface area contributed by atoms with Gasteiger partial charge in [0.05, 0.1) is 5.56 Å². The predicted octanol–water partition coefficient (Wildman–Crippen LogP) is 4.80. The van der Waals surface area contributed by atoms with Crippen LogP contribution in [0.15, 0.2) is 48.8 Å². The van der Waals surface area contributed by atoms with Crippen molar-refractivity contribution in [3.63, 3.8) is 0 Å². The molecule has 2 aromatic heterocycles. The van der Waals surface area contributed by atoms with E-state index in [0.717, 1.165) is 6.07 Å². The Hall–Kier alpha value is -3.03. The lowest BCUT2D eigenvalue weighted by Crippen LogP contribution is -2.08. The second kappa shape index (κ2) is 6.46. The fourth-order valence-electron chi connectivity index (χ4n) is 2.13. The van der Waals surface area contributed by atoms with Gasteiger partial charge in [0, 0.05) is 29.7 Å². The first-order valence-corrected chi connectivity index (χ1v) is 7.13. The molecule has 0 unspecified atom stereocenters. The highest BCUT2D eigenvalue weighted by Crippen LogP contribution is 2.34. The van der Waals surface area contributed by atoms with Crippen molar-refractivity contribution in [2.24, 2.45) is 0 Å². The minimum absolute atomic E-state index is 0.0547. The minimum atomic E-state index is -4.81. The average Bonchev–Trinajstić information content (AvgIpc) is 2.56. The first-order chi connectivity index (χ1) is 11.8. The smallest absolute Gasteiger partial charge is 0.419 e. The van der Waals surface area contributed by atoms with Crippen LogP contribution in [0.2, 0.25) is 0 Å². The number of hydrogen-bond acceptors (Lipinski definition) is 4. The minimum Gasteiger partial charge on any atom is -0.439 e. The maximum absolute atomic E-state index is 13.3. The topological polar surface area (TPSA) is 47.9 Å². The molecule has 0 aliphatic heterocycles. The highest BCUT2D eigenvalue weighted by atomic mass is 19.4. The molecule has 128 valence electrons. The summed E-state index contributed by atoms with van der Waals surface area (Å²) < 4.78 is 57.1. The van der Waals surface area contributed by atoms with E-state index in [4.69, 9.17) is 4.74 Å². The molecule has 0 fully saturated rings. The van der Waals surface area contributed by atoms with Gasteiger partial charge in [-0.25, -0.2) is 9.37 Å². The Balaban J connectivity index is 1.95. The number of rotatable bonds is 3. The molecule has 3 aromatic rings. The molecule has 0 bridgehead atoms. The van der Waals surface area contributed by atoms with E-state index in [0.29, 0.717) is 29.2 Å². The van der Waals surface area contributed by atoms with E-state index in [9.17, 15) is 17.6 Å². The van der Waals surface area contributed by atoms with Crippen molar-refractivity contribution in [2.75, 3.05) is 0 Å². The van der Waals surface area contributed by atoms with Crippen molar-refractivity contribution >= 4 is 0 Å². The Morgan fingerprint density at radius 3 is 2.36 bits per heavy atom. The van der Waals surface area contributed by atoms with Crippen molar-refractivity contribution in [3.8, 4) is 23.0 Å². The van der Waals surface area contributed by atoms with Gasteiger partial charge in [-0.2, -0.15) is 18.2 Å². The zero-order chi connectivity index (χ0) is 18.0. The maximum Gasteiger partial charge on any atom is 0.419 e. The first kappa shape index (κ1) is 16.8. The van der Waals surface area contributed by atoms with Crippen molar-refractivity contribution < 1.29 is 22.3 Å². The number of aryl methyl sites for hydroxylation is 1. The number of hydrogen-bond donors (Lipinski definition) is 0. The molecule has 0 radical (unpaired) electrons. The molecule has 8 heteroatoms. The lowest BCUT2D eigenvalue weighted by atomic mass is 10.2. The zero-order valence-electron chi connectivity index (χ0n) is 12.9. The molecule has 0 saturated carbocycles. The third-order valence-electron chi connectivity index (χ3n) is 3.23. The van der Waals surface area contributed by atoms with Gasteiger partial charge in [-0.15, -0.1) is 0 Å². The summed E-state index contributed by atoms with van der Waals surface area (Å²) >= 11 is 0. The summed E-state index contributed by atoms with van der Waals surface area (Å²) in [5.41, 5.74) is -0.154. The Morgan fingerprint density at radius 1 is 0.960 bits per heavy atom. The first-order valence-electron chi connectivity index (χ1n) is 7.13. The highest BCUT2D eigenvalue weighted by Gasteiger charge is 2.34. The van der Waals surface area contributed by atoms with E-state index < -0.39 is 17.6 Å². The third-order valence-corrected chi connectivity index (χ3v) is 3.23. The van der Waals surface area contributed by atoms with Crippen molar-refractivity contribution in [1.82, 2.24) is 15.0 Å². The normalized spacial score (nSPS) is 11.4. The van der Waals surface area contributed by atoms with Crippen LogP contribution in [0, 0.1) is 12.7 Å². The van der Waals surface area contributed by atoms with Gasteiger partial charge in [0.1, 0.15) is 11.6 Å². The second-order valence-electron chi connectivity index (χ2n) is 5.15. The third kappa shape index (κ3) is 3.90. The van der Waals surface area contributed by atoms with Crippen LogP contribution in [0.1, 0.15) is 11.3 Å². The monoisotopic (exact) mass is 349 g/mol. The zero-order valence-corrected chi connectivity index (χ0v) is 12.9. The Bertz CT molecular complexity index is 898. The molecule has 25 heavy (non-hydrogen) atoms. The molecule has 1 aromatic carbocycles. The van der Waals surface area contributed by atoms with Gasteiger partial charge >= 0.3 is 6.18 Å². The Kier molecular flexibility index (Phi) is 4.35.